The Morgan fingerprint density at radius 3 is 2.70 bits per heavy atom. The van der Waals surface area contributed by atoms with E-state index in [4.69, 9.17) is 0 Å². The Morgan fingerprint density at radius 2 is 1.96 bits per heavy atom. The van der Waals surface area contributed by atoms with Gasteiger partial charge in [-0.1, -0.05) is 18.6 Å². The number of hydrogen-bond acceptors (Lipinski definition) is 4. The lowest BCUT2D eigenvalue weighted by molar-refractivity contribution is -0.121. The molecule has 0 radical (unpaired) electrons. The maximum absolute atomic E-state index is 12.3. The molecule has 146 valence electrons. The number of nitrogens with zero attached hydrogens (tertiary/aromatic N) is 3. The second-order valence-corrected chi connectivity index (χ2v) is 8.48. The average Bonchev–Trinajstić information content (AvgIpc) is 2.92. The lowest BCUT2D eigenvalue weighted by Gasteiger charge is -2.46. The second kappa shape index (κ2) is 7.50. The van der Waals surface area contributed by atoms with Crippen LogP contribution in [0.2, 0.25) is 0 Å². The summed E-state index contributed by atoms with van der Waals surface area (Å²) in [5.74, 6) is 1.71. The van der Waals surface area contributed by atoms with E-state index in [2.05, 4.69) is 52.7 Å². The van der Waals surface area contributed by atoms with E-state index in [0.717, 1.165) is 41.8 Å². The number of anilines is 1. The van der Waals surface area contributed by atoms with Gasteiger partial charge in [0.05, 0.1) is 18.1 Å². The van der Waals surface area contributed by atoms with Crippen molar-refractivity contribution in [3.63, 3.8) is 0 Å². The summed E-state index contributed by atoms with van der Waals surface area (Å²) in [5, 5.41) is 11.9. The van der Waals surface area contributed by atoms with Gasteiger partial charge in [-0.3, -0.25) is 14.4 Å². The maximum Gasteiger partial charge on any atom is 0.239 e. The van der Waals surface area contributed by atoms with E-state index in [9.17, 15) is 4.79 Å². The van der Waals surface area contributed by atoms with Gasteiger partial charge in [-0.05, 0) is 50.7 Å². The predicted molar refractivity (Wildman–Crippen MR) is 109 cm³/mol. The molecule has 1 aromatic carbocycles. The topological polar surface area (TPSA) is 62.2 Å². The first-order valence-electron chi connectivity index (χ1n) is 10.2. The van der Waals surface area contributed by atoms with Crippen LogP contribution in [-0.4, -0.2) is 52.3 Å². The molecule has 1 aromatic heterocycles. The fourth-order valence-corrected chi connectivity index (χ4v) is 4.46. The molecule has 1 saturated carbocycles. The molecule has 6 nitrogen and oxygen atoms in total. The quantitative estimate of drug-likeness (QED) is 0.851. The Bertz CT molecular complexity index is 815. The van der Waals surface area contributed by atoms with Gasteiger partial charge >= 0.3 is 0 Å². The van der Waals surface area contributed by atoms with Gasteiger partial charge in [-0.2, -0.15) is 5.10 Å². The van der Waals surface area contributed by atoms with E-state index < -0.39 is 0 Å². The Morgan fingerprint density at radius 1 is 1.22 bits per heavy atom. The number of fused-ring (bicyclic) bond motifs is 1. The van der Waals surface area contributed by atoms with Crippen LogP contribution in [0.1, 0.15) is 38.2 Å². The summed E-state index contributed by atoms with van der Waals surface area (Å²) in [6, 6.07) is 7.28. The monoisotopic (exact) mass is 369 g/mol. The number of nitrogens with one attached hydrogen (secondary N) is 2. The van der Waals surface area contributed by atoms with Crippen LogP contribution < -0.4 is 10.6 Å². The number of aryl methyl sites for hydroxylation is 2. The molecule has 2 aromatic rings. The first-order valence-corrected chi connectivity index (χ1v) is 10.2. The normalized spacial score (nSPS) is 24.0. The van der Waals surface area contributed by atoms with E-state index in [1.165, 1.54) is 31.2 Å². The molecule has 1 amide bonds. The Kier molecular flexibility index (Phi) is 5.08. The number of carbonyl (C=O) groups is 1. The van der Waals surface area contributed by atoms with Crippen LogP contribution in [-0.2, 0) is 11.8 Å². The lowest BCUT2D eigenvalue weighted by atomic mass is 9.85. The van der Waals surface area contributed by atoms with Gasteiger partial charge < -0.3 is 10.6 Å². The zero-order valence-electron chi connectivity index (χ0n) is 16.7. The molecule has 6 heteroatoms. The minimum absolute atomic E-state index is 0.0448. The highest BCUT2D eigenvalue weighted by atomic mass is 16.2. The zero-order chi connectivity index (χ0) is 19.0. The molecule has 1 aliphatic heterocycles. The predicted octanol–water partition coefficient (Wildman–Crippen LogP) is 2.67. The fraction of sp³-hybridized carbons (Fsp3) is 0.619. The number of likely N-dealkylation sites (tertiary alicyclic amines) is 1. The van der Waals surface area contributed by atoms with Crippen molar-refractivity contribution in [2.75, 3.05) is 25.0 Å². The SMILES string of the molecule is Cc1ccc2c(c1)c(NCC(=O)NC1CN([C@H]3CC[C@@H](C)CC3)C1)nn2C. The molecule has 1 aliphatic carbocycles. The molecule has 0 bridgehead atoms. The standard InChI is InChI=1S/C21H31N5O/c1-14-4-7-17(8-5-14)26-12-16(13-26)23-20(27)11-22-21-18-10-15(2)6-9-19(18)25(3)24-21/h6,9-10,14,16-17H,4-5,7-8,11-13H2,1-3H3,(H,22,24)(H,23,27)/t14-,17+. The number of rotatable bonds is 5. The summed E-state index contributed by atoms with van der Waals surface area (Å²) in [4.78, 5) is 14.9. The number of amides is 1. The van der Waals surface area contributed by atoms with Gasteiger partial charge in [-0.15, -0.1) is 0 Å². The van der Waals surface area contributed by atoms with Crippen LogP contribution in [0.15, 0.2) is 18.2 Å². The number of carbonyl (C=O) groups excluding carboxylic acids is 1. The minimum atomic E-state index is 0.0448. The smallest absolute Gasteiger partial charge is 0.239 e. The van der Waals surface area contributed by atoms with E-state index in [1.54, 1.807) is 0 Å². The van der Waals surface area contributed by atoms with Crippen molar-refractivity contribution in [1.82, 2.24) is 20.0 Å². The van der Waals surface area contributed by atoms with Crippen LogP contribution in [0.3, 0.4) is 0 Å². The highest BCUT2D eigenvalue weighted by Crippen LogP contribution is 2.29. The Balaban J connectivity index is 1.25. The number of benzene rings is 1. The average molecular weight is 370 g/mol. The molecule has 0 spiro atoms. The molecular formula is C21H31N5O. The van der Waals surface area contributed by atoms with Gasteiger partial charge in [0.15, 0.2) is 5.82 Å². The van der Waals surface area contributed by atoms with Crippen molar-refractivity contribution in [3.8, 4) is 0 Å². The van der Waals surface area contributed by atoms with Crippen molar-refractivity contribution < 1.29 is 4.79 Å². The lowest BCUT2D eigenvalue weighted by Crippen LogP contribution is -2.63. The van der Waals surface area contributed by atoms with Gasteiger partial charge in [-0.25, -0.2) is 0 Å². The van der Waals surface area contributed by atoms with E-state index >= 15 is 0 Å². The molecule has 0 atom stereocenters. The van der Waals surface area contributed by atoms with E-state index in [-0.39, 0.29) is 12.5 Å². The summed E-state index contributed by atoms with van der Waals surface area (Å²) in [5.41, 5.74) is 2.26. The van der Waals surface area contributed by atoms with E-state index in [0.29, 0.717) is 6.04 Å². The van der Waals surface area contributed by atoms with Crippen molar-refractivity contribution in [2.45, 2.75) is 51.6 Å². The van der Waals surface area contributed by atoms with Crippen LogP contribution in [0.5, 0.6) is 0 Å². The molecule has 2 fully saturated rings. The van der Waals surface area contributed by atoms with Gasteiger partial charge in [0.1, 0.15) is 0 Å². The molecular weight excluding hydrogens is 338 g/mol. The first-order chi connectivity index (χ1) is 13.0. The van der Waals surface area contributed by atoms with Gasteiger partial charge in [0.2, 0.25) is 5.91 Å². The summed E-state index contributed by atoms with van der Waals surface area (Å²) in [6.45, 7) is 6.68. The Hall–Kier alpha value is -2.08. The largest absolute Gasteiger partial charge is 0.359 e. The summed E-state index contributed by atoms with van der Waals surface area (Å²) in [7, 11) is 1.93. The summed E-state index contributed by atoms with van der Waals surface area (Å²) >= 11 is 0. The van der Waals surface area contributed by atoms with Crippen molar-refractivity contribution in [3.05, 3.63) is 23.8 Å². The maximum atomic E-state index is 12.3. The molecule has 1 saturated heterocycles. The van der Waals surface area contributed by atoms with Crippen molar-refractivity contribution >= 4 is 22.6 Å². The third-order valence-electron chi connectivity index (χ3n) is 6.20. The fourth-order valence-electron chi connectivity index (χ4n) is 4.46. The highest BCUT2D eigenvalue weighted by Gasteiger charge is 2.34. The van der Waals surface area contributed by atoms with Crippen LogP contribution in [0.4, 0.5) is 5.82 Å². The summed E-state index contributed by atoms with van der Waals surface area (Å²) < 4.78 is 1.85. The van der Waals surface area contributed by atoms with Gasteiger partial charge in [0, 0.05) is 31.6 Å². The van der Waals surface area contributed by atoms with Crippen molar-refractivity contribution in [2.24, 2.45) is 13.0 Å². The first kappa shape index (κ1) is 18.3. The van der Waals surface area contributed by atoms with Gasteiger partial charge in [0.25, 0.3) is 0 Å². The molecule has 2 heterocycles. The third kappa shape index (κ3) is 3.95. The minimum Gasteiger partial charge on any atom is -0.359 e. The third-order valence-corrected chi connectivity index (χ3v) is 6.20. The van der Waals surface area contributed by atoms with Crippen LogP contribution in [0.25, 0.3) is 10.9 Å². The van der Waals surface area contributed by atoms with Crippen molar-refractivity contribution in [1.29, 1.82) is 0 Å². The summed E-state index contributed by atoms with van der Waals surface area (Å²) in [6.07, 6.45) is 5.32. The molecule has 27 heavy (non-hydrogen) atoms. The Labute approximate surface area is 161 Å². The highest BCUT2D eigenvalue weighted by molar-refractivity contribution is 5.92. The van der Waals surface area contributed by atoms with Crippen LogP contribution >= 0.6 is 0 Å². The number of aromatic nitrogens is 2. The van der Waals surface area contributed by atoms with Crippen LogP contribution in [0, 0.1) is 12.8 Å². The molecule has 2 N–H and O–H groups in total. The number of hydrogen-bond donors (Lipinski definition) is 2. The van der Waals surface area contributed by atoms with E-state index in [1.807, 2.05) is 11.7 Å². The molecule has 0 unspecified atom stereocenters. The molecule has 4 rings (SSSR count). The molecule has 2 aliphatic rings. The zero-order valence-corrected chi connectivity index (χ0v) is 16.7. The second-order valence-electron chi connectivity index (χ2n) is 8.48.